The first kappa shape index (κ1) is 20.1. The molecule has 7 heteroatoms. The predicted molar refractivity (Wildman–Crippen MR) is 92.9 cm³/mol. The fraction of sp³-hybridized carbons (Fsp3) is 0.412. The minimum absolute atomic E-state index is 0.103. The van der Waals surface area contributed by atoms with Crippen molar-refractivity contribution in [2.45, 2.75) is 24.8 Å². The Balaban J connectivity index is 2.49. The number of hydrogen-bond acceptors (Lipinski definition) is 6. The van der Waals surface area contributed by atoms with E-state index >= 15 is 0 Å². The molecule has 0 unspecified atom stereocenters. The summed E-state index contributed by atoms with van der Waals surface area (Å²) < 4.78 is 20.6. The maximum Gasteiger partial charge on any atom is 0.342 e. The first-order valence-corrected chi connectivity index (χ1v) is 9.57. The summed E-state index contributed by atoms with van der Waals surface area (Å²) in [6, 6.07) is 7.42. The number of benzene rings is 1. The second-order valence-electron chi connectivity index (χ2n) is 5.00. The van der Waals surface area contributed by atoms with E-state index in [0.29, 0.717) is 6.42 Å². The lowest BCUT2D eigenvalue weighted by atomic mass is 10.2. The Kier molecular flexibility index (Phi) is 9.67. The molecule has 1 aromatic carbocycles. The highest BCUT2D eigenvalue weighted by Crippen LogP contribution is 2.20. The van der Waals surface area contributed by atoms with E-state index in [1.165, 1.54) is 6.08 Å². The summed E-state index contributed by atoms with van der Waals surface area (Å²) in [7, 11) is 2.66. The first-order chi connectivity index (χ1) is 11.6. The molecule has 0 aliphatic rings. The number of esters is 2. The van der Waals surface area contributed by atoms with Crippen molar-refractivity contribution >= 4 is 21.5 Å². The molecule has 0 aromatic heterocycles. The maximum atomic E-state index is 11.9. The van der Waals surface area contributed by atoms with Crippen LogP contribution in [0.1, 0.15) is 23.2 Å². The summed E-state index contributed by atoms with van der Waals surface area (Å²) in [5, 5.41) is 0. The van der Waals surface area contributed by atoms with E-state index in [4.69, 9.17) is 18.9 Å². The number of carbonyl (C=O) groups is 2. The van der Waals surface area contributed by atoms with Crippen LogP contribution < -0.4 is 4.74 Å². The number of rotatable bonds is 11. The molecule has 0 saturated heterocycles. The zero-order valence-corrected chi connectivity index (χ0v) is 15.6. The number of carbonyl (C=O) groups excluding carboxylic acids is 2. The molecule has 0 aliphatic heterocycles. The molecular weight excluding hydrogens is 328 g/mol. The lowest BCUT2D eigenvalue weighted by Gasteiger charge is -2.12. The summed E-state index contributed by atoms with van der Waals surface area (Å²) in [4.78, 5) is 23.9. The Bertz CT molecular complexity index is 542. The van der Waals surface area contributed by atoms with Crippen molar-refractivity contribution in [2.75, 3.05) is 20.8 Å². The van der Waals surface area contributed by atoms with Crippen LogP contribution in [0.25, 0.3) is 0 Å². The van der Waals surface area contributed by atoms with Gasteiger partial charge >= 0.3 is 11.9 Å². The van der Waals surface area contributed by atoms with Crippen molar-refractivity contribution in [1.29, 1.82) is 0 Å². The topological polar surface area (TPSA) is 71.1 Å². The van der Waals surface area contributed by atoms with Gasteiger partial charge in [-0.25, -0.2) is 4.79 Å². The number of hydrogen-bond donors (Lipinski definition) is 0. The third kappa shape index (κ3) is 7.07. The van der Waals surface area contributed by atoms with Gasteiger partial charge < -0.3 is 18.9 Å². The molecule has 0 atom stereocenters. The molecule has 0 radical (unpaired) electrons. The lowest BCUT2D eigenvalue weighted by Crippen LogP contribution is -2.21. The smallest absolute Gasteiger partial charge is 0.342 e. The van der Waals surface area contributed by atoms with E-state index in [1.807, 2.05) is 0 Å². The van der Waals surface area contributed by atoms with E-state index in [9.17, 15) is 9.59 Å². The molecule has 0 amide bonds. The standard InChI is InChI=1S/C17H24O6Si/c1-4-11-22-16(19)13-8-5-6-9-14(13)23-15(18)10-7-12-24-17(20-2)21-3/h4-6,8-9,17H,1,7,10-12,24H2,2-3H3. The fourth-order valence-electron chi connectivity index (χ4n) is 2.02. The van der Waals surface area contributed by atoms with Crippen molar-refractivity contribution in [2.24, 2.45) is 0 Å². The van der Waals surface area contributed by atoms with Crippen molar-refractivity contribution in [3.05, 3.63) is 42.5 Å². The van der Waals surface area contributed by atoms with Gasteiger partial charge in [-0.05, 0) is 18.6 Å². The summed E-state index contributed by atoms with van der Waals surface area (Å²) in [5.74, 6) is -0.838. The molecular formula is C17H24O6Si. The number of ether oxygens (including phenoxy) is 4. The van der Waals surface area contributed by atoms with Gasteiger partial charge in [0, 0.05) is 20.6 Å². The number of methoxy groups -OCH3 is 2. The van der Waals surface area contributed by atoms with Gasteiger partial charge in [0.25, 0.3) is 0 Å². The normalized spacial score (nSPS) is 11.0. The minimum atomic E-state index is -0.554. The Morgan fingerprint density at radius 3 is 2.62 bits per heavy atom. The summed E-state index contributed by atoms with van der Waals surface area (Å²) in [6.45, 7) is 3.59. The SMILES string of the molecule is C=CCOC(=O)c1ccccc1OC(=O)CCC[SiH2]C(OC)OC. The van der Waals surface area contributed by atoms with Crippen LogP contribution in [0.2, 0.25) is 6.04 Å². The van der Waals surface area contributed by atoms with Gasteiger partial charge in [0.2, 0.25) is 0 Å². The van der Waals surface area contributed by atoms with E-state index in [1.54, 1.807) is 38.5 Å². The third-order valence-electron chi connectivity index (χ3n) is 3.26. The fourth-order valence-corrected chi connectivity index (χ4v) is 3.37. The van der Waals surface area contributed by atoms with Crippen LogP contribution in [0.15, 0.2) is 36.9 Å². The maximum absolute atomic E-state index is 11.9. The predicted octanol–water partition coefficient (Wildman–Crippen LogP) is 1.88. The summed E-state index contributed by atoms with van der Waals surface area (Å²) in [5.41, 5.74) is 0.223. The molecule has 0 saturated carbocycles. The van der Waals surface area contributed by atoms with Gasteiger partial charge in [-0.2, -0.15) is 0 Å². The Hall–Kier alpha value is -1.96. The van der Waals surface area contributed by atoms with Gasteiger partial charge in [-0.15, -0.1) is 0 Å². The van der Waals surface area contributed by atoms with Crippen LogP contribution in [0.3, 0.4) is 0 Å². The van der Waals surface area contributed by atoms with Crippen LogP contribution in [0.4, 0.5) is 0 Å². The molecule has 0 fully saturated rings. The average Bonchev–Trinajstić information content (AvgIpc) is 2.60. The van der Waals surface area contributed by atoms with Gasteiger partial charge in [-0.3, -0.25) is 4.79 Å². The minimum Gasteiger partial charge on any atom is -0.458 e. The van der Waals surface area contributed by atoms with Crippen LogP contribution >= 0.6 is 0 Å². The quantitative estimate of drug-likeness (QED) is 0.151. The molecule has 24 heavy (non-hydrogen) atoms. The molecule has 6 nitrogen and oxygen atoms in total. The Labute approximate surface area is 144 Å². The summed E-state index contributed by atoms with van der Waals surface area (Å²) in [6.07, 6.45) is 2.46. The van der Waals surface area contributed by atoms with E-state index < -0.39 is 15.5 Å². The average molecular weight is 352 g/mol. The van der Waals surface area contributed by atoms with Gasteiger partial charge in [0.1, 0.15) is 23.8 Å². The molecule has 0 aliphatic carbocycles. The van der Waals surface area contributed by atoms with Gasteiger partial charge in [0.15, 0.2) is 0 Å². The zero-order chi connectivity index (χ0) is 17.8. The zero-order valence-electron chi connectivity index (χ0n) is 14.2. The van der Waals surface area contributed by atoms with Crippen LogP contribution in [-0.2, 0) is 19.0 Å². The highest BCUT2D eigenvalue weighted by atomic mass is 28.2. The highest BCUT2D eigenvalue weighted by molar-refractivity contribution is 6.36. The lowest BCUT2D eigenvalue weighted by molar-refractivity contribution is -0.134. The van der Waals surface area contributed by atoms with E-state index in [-0.39, 0.29) is 36.2 Å². The molecule has 0 N–H and O–H groups in total. The largest absolute Gasteiger partial charge is 0.458 e. The van der Waals surface area contributed by atoms with Crippen molar-refractivity contribution in [3.8, 4) is 5.75 Å². The van der Waals surface area contributed by atoms with Gasteiger partial charge in [0.05, 0.1) is 9.52 Å². The van der Waals surface area contributed by atoms with Crippen molar-refractivity contribution in [1.82, 2.24) is 0 Å². The van der Waals surface area contributed by atoms with Gasteiger partial charge in [-0.1, -0.05) is 30.8 Å². The summed E-state index contributed by atoms with van der Waals surface area (Å²) >= 11 is 0. The van der Waals surface area contributed by atoms with Crippen LogP contribution in [-0.4, -0.2) is 48.2 Å². The van der Waals surface area contributed by atoms with E-state index in [2.05, 4.69) is 6.58 Å². The highest BCUT2D eigenvalue weighted by Gasteiger charge is 2.16. The monoisotopic (exact) mass is 352 g/mol. The second kappa shape index (κ2) is 11.6. The van der Waals surface area contributed by atoms with E-state index in [0.717, 1.165) is 6.04 Å². The molecule has 1 aromatic rings. The molecule has 0 heterocycles. The Morgan fingerprint density at radius 2 is 1.96 bits per heavy atom. The molecule has 132 valence electrons. The molecule has 1 rings (SSSR count). The third-order valence-corrected chi connectivity index (χ3v) is 5.31. The van der Waals surface area contributed by atoms with Crippen molar-refractivity contribution in [3.63, 3.8) is 0 Å². The first-order valence-electron chi connectivity index (χ1n) is 7.75. The molecule has 0 spiro atoms. The van der Waals surface area contributed by atoms with Crippen molar-refractivity contribution < 1.29 is 28.5 Å². The molecule has 0 bridgehead atoms. The second-order valence-corrected chi connectivity index (χ2v) is 6.96. The van der Waals surface area contributed by atoms with Crippen LogP contribution in [0.5, 0.6) is 5.75 Å². The Morgan fingerprint density at radius 1 is 1.25 bits per heavy atom. The van der Waals surface area contributed by atoms with Crippen LogP contribution in [0, 0.1) is 0 Å². The number of para-hydroxylation sites is 1.